The van der Waals surface area contributed by atoms with Crippen LogP contribution in [0.5, 0.6) is 0 Å². The van der Waals surface area contributed by atoms with E-state index >= 15 is 0 Å². The van der Waals surface area contributed by atoms with Gasteiger partial charge in [0, 0.05) is 48.8 Å². The first-order chi connectivity index (χ1) is 20.9. The van der Waals surface area contributed by atoms with Crippen molar-refractivity contribution >= 4 is 45.0 Å². The molecule has 0 aliphatic rings. The molecule has 0 aliphatic carbocycles. The van der Waals surface area contributed by atoms with Crippen LogP contribution in [0, 0.1) is 15.9 Å². The first-order valence-electron chi connectivity index (χ1n) is 13.3. The highest BCUT2D eigenvalue weighted by molar-refractivity contribution is 7.99. The topological polar surface area (TPSA) is 139 Å². The molecule has 4 aromatic carbocycles. The quantitative estimate of drug-likeness (QED) is 0.117. The molecule has 0 heterocycles. The van der Waals surface area contributed by atoms with Crippen molar-refractivity contribution in [3.8, 4) is 11.1 Å². The molecule has 0 aliphatic heterocycles. The molecule has 2 amide bonds. The Morgan fingerprint density at radius 3 is 2.14 bits per heavy atom. The fourth-order valence-corrected chi connectivity index (χ4v) is 6.06. The zero-order chi connectivity index (χ0) is 31.9. The molecular weight excluding hydrogens is 607 g/mol. The zero-order valence-electron chi connectivity index (χ0n) is 23.8. The molecule has 0 bridgehead atoms. The minimum atomic E-state index is -4.49. The van der Waals surface area contributed by atoms with Gasteiger partial charge in [0.15, 0.2) is 0 Å². The molecule has 1 atom stereocenters. The number of rotatable bonds is 12. The number of carbonyl (C=O) groups excluding carboxylic acids is 2. The largest absolute Gasteiger partial charge is 0.375 e. The molecule has 1 unspecified atom stereocenters. The second-order valence-corrected chi connectivity index (χ2v) is 12.7. The van der Waals surface area contributed by atoms with E-state index in [0.29, 0.717) is 16.9 Å². The third-order valence-corrected chi connectivity index (χ3v) is 9.00. The second-order valence-electron chi connectivity index (χ2n) is 9.91. The molecule has 0 saturated heterocycles. The Morgan fingerprint density at radius 1 is 0.932 bits per heavy atom. The van der Waals surface area contributed by atoms with Crippen LogP contribution in [0.1, 0.15) is 16.8 Å². The summed E-state index contributed by atoms with van der Waals surface area (Å²) in [5.74, 6) is -1.11. The van der Waals surface area contributed by atoms with Gasteiger partial charge >= 0.3 is 0 Å². The fraction of sp³-hybridized carbons (Fsp3) is 0.161. The first-order valence-corrected chi connectivity index (χ1v) is 15.8. The van der Waals surface area contributed by atoms with E-state index in [-0.39, 0.29) is 29.4 Å². The number of hydrogen-bond donors (Lipinski definition) is 2. The van der Waals surface area contributed by atoms with Gasteiger partial charge in [-0.3, -0.25) is 19.7 Å². The van der Waals surface area contributed by atoms with Crippen LogP contribution in [0.15, 0.2) is 107 Å². The van der Waals surface area contributed by atoms with Crippen LogP contribution in [0.3, 0.4) is 0 Å². The van der Waals surface area contributed by atoms with Gasteiger partial charge in [0.25, 0.3) is 21.6 Å². The lowest BCUT2D eigenvalue weighted by molar-refractivity contribution is -0.384. The van der Waals surface area contributed by atoms with Gasteiger partial charge in [0.1, 0.15) is 11.5 Å². The Hall–Kier alpha value is -4.75. The Bertz CT molecular complexity index is 1750. The average molecular weight is 637 g/mol. The summed E-state index contributed by atoms with van der Waals surface area (Å²) < 4.78 is 41.3. The van der Waals surface area contributed by atoms with Gasteiger partial charge in [-0.25, -0.2) is 17.5 Å². The summed E-state index contributed by atoms with van der Waals surface area (Å²) in [6.07, 6.45) is 0.0417. The lowest BCUT2D eigenvalue weighted by Gasteiger charge is -2.21. The van der Waals surface area contributed by atoms with E-state index in [2.05, 4.69) is 5.32 Å². The van der Waals surface area contributed by atoms with E-state index < -0.39 is 37.5 Å². The molecule has 0 spiro atoms. The third-order valence-electron chi connectivity index (χ3n) is 6.50. The Kier molecular flexibility index (Phi) is 10.3. The Morgan fingerprint density at radius 2 is 1.55 bits per heavy atom. The number of nitrogens with zero attached hydrogens (tertiary/aromatic N) is 2. The number of hydrogen-bond acceptors (Lipinski definition) is 8. The normalized spacial score (nSPS) is 11.8. The number of sulfonamides is 1. The maximum atomic E-state index is 13.2. The molecule has 10 nitrogen and oxygen atoms in total. The maximum Gasteiger partial charge on any atom is 0.293 e. The predicted octanol–water partition coefficient (Wildman–Crippen LogP) is 5.57. The van der Waals surface area contributed by atoms with Crippen molar-refractivity contribution in [1.29, 1.82) is 0 Å². The zero-order valence-corrected chi connectivity index (χ0v) is 25.4. The Labute approximate surface area is 258 Å². The van der Waals surface area contributed by atoms with Gasteiger partial charge in [-0.1, -0.05) is 42.5 Å². The van der Waals surface area contributed by atoms with Crippen molar-refractivity contribution < 1.29 is 27.3 Å². The summed E-state index contributed by atoms with van der Waals surface area (Å²) in [4.78, 5) is 38.4. The molecule has 44 heavy (non-hydrogen) atoms. The average Bonchev–Trinajstić information content (AvgIpc) is 3.00. The van der Waals surface area contributed by atoms with Gasteiger partial charge in [0.05, 0.1) is 9.82 Å². The molecule has 4 aromatic rings. The highest BCUT2D eigenvalue weighted by Crippen LogP contribution is 2.30. The van der Waals surface area contributed by atoms with E-state index in [1.807, 2.05) is 35.1 Å². The second kappa shape index (κ2) is 14.1. The minimum absolute atomic E-state index is 0.0295. The number of carbonyl (C=O) groups is 2. The van der Waals surface area contributed by atoms with Crippen LogP contribution in [-0.4, -0.2) is 55.9 Å². The minimum Gasteiger partial charge on any atom is -0.375 e. The van der Waals surface area contributed by atoms with Gasteiger partial charge in [-0.2, -0.15) is 0 Å². The highest BCUT2D eigenvalue weighted by atomic mass is 32.2. The summed E-state index contributed by atoms with van der Waals surface area (Å²) in [6.45, 7) is 0. The summed E-state index contributed by atoms with van der Waals surface area (Å²) in [5.41, 5.74) is 0.934. The predicted molar refractivity (Wildman–Crippen MR) is 167 cm³/mol. The molecule has 4 rings (SSSR count). The number of nitrogens with one attached hydrogen (secondary N) is 2. The van der Waals surface area contributed by atoms with E-state index in [4.69, 9.17) is 0 Å². The van der Waals surface area contributed by atoms with E-state index in [9.17, 15) is 32.5 Å². The maximum absolute atomic E-state index is 13.2. The van der Waals surface area contributed by atoms with Gasteiger partial charge in [-0.05, 0) is 59.7 Å². The van der Waals surface area contributed by atoms with E-state index in [1.165, 1.54) is 47.0 Å². The van der Waals surface area contributed by atoms with Gasteiger partial charge in [-0.15, -0.1) is 11.8 Å². The van der Waals surface area contributed by atoms with Crippen LogP contribution in [0.4, 0.5) is 15.8 Å². The molecule has 228 valence electrons. The van der Waals surface area contributed by atoms with Crippen LogP contribution >= 0.6 is 11.8 Å². The molecule has 2 N–H and O–H groups in total. The number of benzene rings is 4. The van der Waals surface area contributed by atoms with Gasteiger partial charge in [0.2, 0.25) is 5.91 Å². The Balaban J connectivity index is 1.52. The highest BCUT2D eigenvalue weighted by Gasteiger charge is 2.26. The molecule has 13 heteroatoms. The molecule has 0 saturated carbocycles. The number of anilines is 1. The van der Waals surface area contributed by atoms with Crippen LogP contribution < -0.4 is 10.0 Å². The standard InChI is InChI=1S/C31H29FN4O6S2/c1-35(2)30(37)18-25(20-43-26-6-4-3-5-7-26)33-28-17-16-27(19-29(28)36(39)40)44(41,42)34-31(38)23-10-8-21(9-11-23)22-12-14-24(32)15-13-22/h3-17,19,25,33H,18,20H2,1-2H3,(H,34,38). The van der Waals surface area contributed by atoms with Crippen molar-refractivity contribution in [2.45, 2.75) is 22.3 Å². The van der Waals surface area contributed by atoms with E-state index in [1.54, 1.807) is 38.4 Å². The fourth-order valence-electron chi connectivity index (χ4n) is 4.13. The third kappa shape index (κ3) is 8.42. The van der Waals surface area contributed by atoms with Crippen molar-refractivity contribution in [1.82, 2.24) is 9.62 Å². The van der Waals surface area contributed by atoms with E-state index in [0.717, 1.165) is 17.0 Å². The lowest BCUT2D eigenvalue weighted by atomic mass is 10.0. The number of thioether (sulfide) groups is 1. The summed E-state index contributed by atoms with van der Waals surface area (Å²) >= 11 is 1.47. The van der Waals surface area contributed by atoms with Crippen LogP contribution in [0.2, 0.25) is 0 Å². The number of nitro benzene ring substituents is 1. The van der Waals surface area contributed by atoms with Crippen molar-refractivity contribution in [2.75, 3.05) is 25.2 Å². The van der Waals surface area contributed by atoms with Crippen molar-refractivity contribution in [3.63, 3.8) is 0 Å². The molecule has 0 aromatic heterocycles. The SMILES string of the molecule is CN(C)C(=O)CC(CSc1ccccc1)Nc1ccc(S(=O)(=O)NC(=O)c2ccc(-c3ccc(F)cc3)cc2)cc1[N+](=O)[O-]. The lowest BCUT2D eigenvalue weighted by Crippen LogP contribution is -2.32. The number of nitro groups is 1. The summed E-state index contributed by atoms with van der Waals surface area (Å²) in [5, 5.41) is 15.0. The molecule has 0 radical (unpaired) electrons. The van der Waals surface area contributed by atoms with Crippen molar-refractivity contribution in [2.24, 2.45) is 0 Å². The smallest absolute Gasteiger partial charge is 0.293 e. The van der Waals surface area contributed by atoms with Crippen molar-refractivity contribution in [3.05, 3.63) is 119 Å². The molecule has 0 fully saturated rings. The number of amides is 2. The monoisotopic (exact) mass is 636 g/mol. The van der Waals surface area contributed by atoms with Gasteiger partial charge < -0.3 is 10.2 Å². The first kappa shape index (κ1) is 32.2. The summed E-state index contributed by atoms with van der Waals surface area (Å²) in [7, 11) is -1.27. The number of halogens is 1. The van der Waals surface area contributed by atoms with Crippen LogP contribution in [-0.2, 0) is 14.8 Å². The van der Waals surface area contributed by atoms with Crippen LogP contribution in [0.25, 0.3) is 11.1 Å². The molecular formula is C31H29FN4O6S2. The summed E-state index contributed by atoms with van der Waals surface area (Å²) in [6, 6.07) is 24.0.